The molecule has 0 radical (unpaired) electrons. The van der Waals surface area contributed by atoms with Gasteiger partial charge < -0.3 is 20.1 Å². The second kappa shape index (κ2) is 9.46. The van der Waals surface area contributed by atoms with Gasteiger partial charge in [-0.05, 0) is 43.2 Å². The van der Waals surface area contributed by atoms with E-state index in [2.05, 4.69) is 10.6 Å². The summed E-state index contributed by atoms with van der Waals surface area (Å²) in [5.41, 5.74) is 2.31. The van der Waals surface area contributed by atoms with Crippen molar-refractivity contribution in [2.45, 2.75) is 20.4 Å². The molecule has 0 spiro atoms. The highest BCUT2D eigenvalue weighted by atomic mass is 16.5. The molecule has 0 saturated carbocycles. The van der Waals surface area contributed by atoms with Crippen molar-refractivity contribution >= 4 is 11.8 Å². The Morgan fingerprint density at radius 3 is 2.50 bits per heavy atom. The van der Waals surface area contributed by atoms with Gasteiger partial charge in [0, 0.05) is 12.1 Å². The largest absolute Gasteiger partial charge is 0.493 e. The smallest absolute Gasteiger partial charge is 0.251 e. The van der Waals surface area contributed by atoms with E-state index in [1.165, 1.54) is 0 Å². The molecule has 0 saturated heterocycles. The Hall–Kier alpha value is -3.02. The SMILES string of the molecule is CCOc1ccc(CNC(=O)CNC(=O)c2ccccc2C)cc1OC. The highest BCUT2D eigenvalue weighted by Crippen LogP contribution is 2.27. The molecule has 2 amide bonds. The Morgan fingerprint density at radius 1 is 1.04 bits per heavy atom. The van der Waals surface area contributed by atoms with Crippen molar-refractivity contribution in [2.24, 2.45) is 0 Å². The van der Waals surface area contributed by atoms with E-state index in [4.69, 9.17) is 9.47 Å². The molecule has 138 valence electrons. The summed E-state index contributed by atoms with van der Waals surface area (Å²) in [6.45, 7) is 4.56. The minimum absolute atomic E-state index is 0.0820. The van der Waals surface area contributed by atoms with Crippen LogP contribution in [0.25, 0.3) is 0 Å². The monoisotopic (exact) mass is 356 g/mol. The maximum Gasteiger partial charge on any atom is 0.251 e. The fourth-order valence-electron chi connectivity index (χ4n) is 2.44. The number of aryl methyl sites for hydroxylation is 1. The van der Waals surface area contributed by atoms with Crippen molar-refractivity contribution in [2.75, 3.05) is 20.3 Å². The predicted octanol–water partition coefficient (Wildman–Crippen LogP) is 2.45. The normalized spacial score (nSPS) is 10.1. The average Bonchev–Trinajstić information content (AvgIpc) is 2.65. The first-order valence-corrected chi connectivity index (χ1v) is 8.45. The Kier molecular flexibility index (Phi) is 7.02. The molecule has 6 nitrogen and oxygen atoms in total. The summed E-state index contributed by atoms with van der Waals surface area (Å²) < 4.78 is 10.8. The molecule has 0 aliphatic carbocycles. The number of rotatable bonds is 8. The molecule has 2 rings (SSSR count). The van der Waals surface area contributed by atoms with Crippen LogP contribution in [0.3, 0.4) is 0 Å². The van der Waals surface area contributed by atoms with Crippen LogP contribution in [-0.4, -0.2) is 32.1 Å². The summed E-state index contributed by atoms with van der Waals surface area (Å²) in [6.07, 6.45) is 0. The van der Waals surface area contributed by atoms with Crippen LogP contribution in [0.1, 0.15) is 28.4 Å². The van der Waals surface area contributed by atoms with Crippen molar-refractivity contribution in [3.05, 3.63) is 59.2 Å². The molecule has 0 bridgehead atoms. The van der Waals surface area contributed by atoms with Crippen molar-refractivity contribution in [3.63, 3.8) is 0 Å². The molecule has 0 heterocycles. The van der Waals surface area contributed by atoms with E-state index in [-0.39, 0.29) is 18.4 Å². The average molecular weight is 356 g/mol. The third-order valence-corrected chi connectivity index (χ3v) is 3.82. The zero-order chi connectivity index (χ0) is 18.9. The molecular formula is C20H24N2O4. The number of hydrogen-bond acceptors (Lipinski definition) is 4. The van der Waals surface area contributed by atoms with Gasteiger partial charge in [0.25, 0.3) is 5.91 Å². The van der Waals surface area contributed by atoms with Crippen LogP contribution in [0.5, 0.6) is 11.5 Å². The van der Waals surface area contributed by atoms with E-state index >= 15 is 0 Å². The van der Waals surface area contributed by atoms with E-state index < -0.39 is 0 Å². The van der Waals surface area contributed by atoms with E-state index in [1.54, 1.807) is 19.2 Å². The second-order valence-corrected chi connectivity index (χ2v) is 5.69. The van der Waals surface area contributed by atoms with Crippen LogP contribution < -0.4 is 20.1 Å². The van der Waals surface area contributed by atoms with Crippen LogP contribution >= 0.6 is 0 Å². The number of carbonyl (C=O) groups is 2. The number of hydrogen-bond donors (Lipinski definition) is 2. The third-order valence-electron chi connectivity index (χ3n) is 3.82. The highest BCUT2D eigenvalue weighted by molar-refractivity contribution is 5.97. The lowest BCUT2D eigenvalue weighted by atomic mass is 10.1. The molecule has 2 aromatic rings. The first-order chi connectivity index (χ1) is 12.5. The van der Waals surface area contributed by atoms with Gasteiger partial charge in [0.05, 0.1) is 20.3 Å². The fraction of sp³-hybridized carbons (Fsp3) is 0.300. The Morgan fingerprint density at radius 2 is 1.81 bits per heavy atom. The lowest BCUT2D eigenvalue weighted by Crippen LogP contribution is -2.36. The number of benzene rings is 2. The van der Waals surface area contributed by atoms with Crippen LogP contribution in [0, 0.1) is 6.92 Å². The summed E-state index contributed by atoms with van der Waals surface area (Å²) in [6, 6.07) is 12.7. The lowest BCUT2D eigenvalue weighted by Gasteiger charge is -2.12. The quantitative estimate of drug-likeness (QED) is 0.762. The van der Waals surface area contributed by atoms with E-state index in [9.17, 15) is 9.59 Å². The number of amides is 2. The van der Waals surface area contributed by atoms with Crippen LogP contribution in [0.4, 0.5) is 0 Å². The van der Waals surface area contributed by atoms with Gasteiger partial charge in [0.2, 0.25) is 5.91 Å². The summed E-state index contributed by atoms with van der Waals surface area (Å²) in [4.78, 5) is 24.1. The topological polar surface area (TPSA) is 76.7 Å². The third kappa shape index (κ3) is 5.24. The number of methoxy groups -OCH3 is 1. The highest BCUT2D eigenvalue weighted by Gasteiger charge is 2.10. The fourth-order valence-corrected chi connectivity index (χ4v) is 2.44. The Bertz CT molecular complexity index is 774. The lowest BCUT2D eigenvalue weighted by molar-refractivity contribution is -0.120. The van der Waals surface area contributed by atoms with Gasteiger partial charge in [0.1, 0.15) is 0 Å². The van der Waals surface area contributed by atoms with E-state index in [1.807, 2.05) is 44.2 Å². The van der Waals surface area contributed by atoms with Crippen molar-refractivity contribution in [1.29, 1.82) is 0 Å². The van der Waals surface area contributed by atoms with Gasteiger partial charge in [-0.15, -0.1) is 0 Å². The van der Waals surface area contributed by atoms with Crippen LogP contribution in [0.2, 0.25) is 0 Å². The van der Waals surface area contributed by atoms with Gasteiger partial charge in [-0.25, -0.2) is 0 Å². The summed E-state index contributed by atoms with van der Waals surface area (Å²) in [5.74, 6) is 0.753. The Balaban J connectivity index is 1.85. The number of carbonyl (C=O) groups excluding carboxylic acids is 2. The minimum Gasteiger partial charge on any atom is -0.493 e. The molecular weight excluding hydrogens is 332 g/mol. The van der Waals surface area contributed by atoms with Crippen molar-refractivity contribution < 1.29 is 19.1 Å². The minimum atomic E-state index is -0.264. The van der Waals surface area contributed by atoms with Crippen molar-refractivity contribution in [1.82, 2.24) is 10.6 Å². The number of nitrogens with one attached hydrogen (secondary N) is 2. The first kappa shape index (κ1) is 19.3. The van der Waals surface area contributed by atoms with Crippen LogP contribution in [0.15, 0.2) is 42.5 Å². The van der Waals surface area contributed by atoms with Crippen molar-refractivity contribution in [3.8, 4) is 11.5 Å². The van der Waals surface area contributed by atoms with Gasteiger partial charge >= 0.3 is 0 Å². The summed E-state index contributed by atoms with van der Waals surface area (Å²) >= 11 is 0. The van der Waals surface area contributed by atoms with Gasteiger partial charge in [-0.1, -0.05) is 24.3 Å². The molecule has 0 unspecified atom stereocenters. The molecule has 0 aromatic heterocycles. The standard InChI is InChI=1S/C20H24N2O4/c1-4-26-17-10-9-15(11-18(17)25-3)12-21-19(23)13-22-20(24)16-8-6-5-7-14(16)2/h5-11H,4,12-13H2,1-3H3,(H,21,23)(H,22,24). The molecule has 0 atom stereocenters. The van der Waals surface area contributed by atoms with E-state index in [0.717, 1.165) is 11.1 Å². The number of ether oxygens (including phenoxy) is 2. The molecule has 0 aliphatic rings. The summed E-state index contributed by atoms with van der Waals surface area (Å²) in [5, 5.41) is 5.40. The predicted molar refractivity (Wildman–Crippen MR) is 99.5 cm³/mol. The van der Waals surface area contributed by atoms with Gasteiger partial charge in [-0.2, -0.15) is 0 Å². The maximum atomic E-state index is 12.1. The molecule has 0 aliphatic heterocycles. The molecule has 6 heteroatoms. The molecule has 2 N–H and O–H groups in total. The summed E-state index contributed by atoms with van der Waals surface area (Å²) in [7, 11) is 1.57. The zero-order valence-corrected chi connectivity index (χ0v) is 15.3. The van der Waals surface area contributed by atoms with E-state index in [0.29, 0.717) is 30.2 Å². The molecule has 26 heavy (non-hydrogen) atoms. The zero-order valence-electron chi connectivity index (χ0n) is 15.3. The molecule has 0 fully saturated rings. The Labute approximate surface area is 153 Å². The molecule has 2 aromatic carbocycles. The van der Waals surface area contributed by atoms with Gasteiger partial charge in [-0.3, -0.25) is 9.59 Å². The van der Waals surface area contributed by atoms with Gasteiger partial charge in [0.15, 0.2) is 11.5 Å². The van der Waals surface area contributed by atoms with Crippen LogP contribution in [-0.2, 0) is 11.3 Å². The first-order valence-electron chi connectivity index (χ1n) is 8.45. The second-order valence-electron chi connectivity index (χ2n) is 5.69. The maximum absolute atomic E-state index is 12.1.